The highest BCUT2D eigenvalue weighted by Gasteiger charge is 2.20. The first-order chi connectivity index (χ1) is 11.4. The fraction of sp³-hybridized carbons (Fsp3) is 0.556. The standard InChI is InChI=1S/C18H24N4S/c1-2-10-17-20-21-18(22(17)11-5-1)13-19-15-8-6-12-23-16-9-4-3-7-14(15)16/h3-4,7,9,15,19H,1-2,5-6,8,10-13H2. The minimum Gasteiger partial charge on any atom is -0.314 e. The summed E-state index contributed by atoms with van der Waals surface area (Å²) in [7, 11) is 0. The van der Waals surface area contributed by atoms with Crippen LogP contribution in [0.15, 0.2) is 29.2 Å². The van der Waals surface area contributed by atoms with E-state index in [1.54, 1.807) is 0 Å². The van der Waals surface area contributed by atoms with Gasteiger partial charge in [0.25, 0.3) is 0 Å². The largest absolute Gasteiger partial charge is 0.314 e. The molecule has 2 aliphatic heterocycles. The van der Waals surface area contributed by atoms with Gasteiger partial charge in [-0.15, -0.1) is 22.0 Å². The van der Waals surface area contributed by atoms with E-state index in [-0.39, 0.29) is 0 Å². The Morgan fingerprint density at radius 2 is 2.09 bits per heavy atom. The van der Waals surface area contributed by atoms with Crippen LogP contribution in [0.25, 0.3) is 0 Å². The van der Waals surface area contributed by atoms with Gasteiger partial charge in [0, 0.05) is 23.9 Å². The quantitative estimate of drug-likeness (QED) is 0.932. The molecule has 4 rings (SSSR count). The Hall–Kier alpha value is -1.33. The molecule has 0 spiro atoms. The minimum absolute atomic E-state index is 0.430. The minimum atomic E-state index is 0.430. The molecule has 0 radical (unpaired) electrons. The first kappa shape index (κ1) is 15.2. The Labute approximate surface area is 142 Å². The number of aromatic nitrogens is 3. The van der Waals surface area contributed by atoms with Crippen molar-refractivity contribution in [3.8, 4) is 0 Å². The smallest absolute Gasteiger partial charge is 0.147 e. The van der Waals surface area contributed by atoms with E-state index in [0.29, 0.717) is 6.04 Å². The lowest BCUT2D eigenvalue weighted by Gasteiger charge is -2.19. The zero-order chi connectivity index (χ0) is 15.5. The Morgan fingerprint density at radius 3 is 3.09 bits per heavy atom. The first-order valence-corrected chi connectivity index (χ1v) is 9.76. The lowest BCUT2D eigenvalue weighted by molar-refractivity contribution is 0.471. The van der Waals surface area contributed by atoms with E-state index in [9.17, 15) is 0 Å². The Balaban J connectivity index is 1.50. The number of fused-ring (bicyclic) bond motifs is 2. The third-order valence-electron chi connectivity index (χ3n) is 4.88. The van der Waals surface area contributed by atoms with E-state index in [1.807, 2.05) is 11.8 Å². The van der Waals surface area contributed by atoms with Crippen LogP contribution >= 0.6 is 11.8 Å². The van der Waals surface area contributed by atoms with Crippen LogP contribution in [0, 0.1) is 0 Å². The van der Waals surface area contributed by atoms with Gasteiger partial charge in [0.15, 0.2) is 0 Å². The molecule has 1 atom stereocenters. The second-order valence-electron chi connectivity index (χ2n) is 6.46. The van der Waals surface area contributed by atoms with Crippen molar-refractivity contribution in [3.63, 3.8) is 0 Å². The summed E-state index contributed by atoms with van der Waals surface area (Å²) in [6, 6.07) is 9.26. The number of rotatable bonds is 3. The molecule has 23 heavy (non-hydrogen) atoms. The molecule has 0 aliphatic carbocycles. The highest BCUT2D eigenvalue weighted by Crippen LogP contribution is 2.34. The van der Waals surface area contributed by atoms with Crippen molar-refractivity contribution in [2.75, 3.05) is 5.75 Å². The Morgan fingerprint density at radius 1 is 1.13 bits per heavy atom. The summed E-state index contributed by atoms with van der Waals surface area (Å²) in [5, 5.41) is 12.6. The Kier molecular flexibility index (Phi) is 4.67. The third-order valence-corrected chi connectivity index (χ3v) is 6.06. The number of nitrogens with zero attached hydrogens (tertiary/aromatic N) is 3. The van der Waals surface area contributed by atoms with Crippen LogP contribution in [0.5, 0.6) is 0 Å². The molecule has 0 fully saturated rings. The summed E-state index contributed by atoms with van der Waals surface area (Å²) >= 11 is 1.99. The molecule has 2 aliphatic rings. The number of hydrogen-bond acceptors (Lipinski definition) is 4. The van der Waals surface area contributed by atoms with Crippen LogP contribution in [0.2, 0.25) is 0 Å². The van der Waals surface area contributed by atoms with Gasteiger partial charge in [0.05, 0.1) is 6.54 Å². The van der Waals surface area contributed by atoms with Crippen molar-refractivity contribution in [1.29, 1.82) is 0 Å². The summed E-state index contributed by atoms with van der Waals surface area (Å²) in [6.07, 6.45) is 7.35. The molecule has 1 N–H and O–H groups in total. The van der Waals surface area contributed by atoms with E-state index in [0.717, 1.165) is 25.3 Å². The lowest BCUT2D eigenvalue weighted by atomic mass is 10.0. The van der Waals surface area contributed by atoms with Gasteiger partial charge in [-0.2, -0.15) is 0 Å². The van der Waals surface area contributed by atoms with Crippen LogP contribution < -0.4 is 5.32 Å². The monoisotopic (exact) mass is 328 g/mol. The lowest BCUT2D eigenvalue weighted by Crippen LogP contribution is -2.23. The predicted molar refractivity (Wildman–Crippen MR) is 93.6 cm³/mol. The van der Waals surface area contributed by atoms with Crippen molar-refractivity contribution in [3.05, 3.63) is 41.5 Å². The van der Waals surface area contributed by atoms with Crippen molar-refractivity contribution in [2.24, 2.45) is 0 Å². The summed E-state index contributed by atoms with van der Waals surface area (Å²) in [5.41, 5.74) is 1.45. The highest BCUT2D eigenvalue weighted by molar-refractivity contribution is 7.99. The van der Waals surface area contributed by atoms with Crippen LogP contribution in [-0.4, -0.2) is 20.5 Å². The third kappa shape index (κ3) is 3.31. The summed E-state index contributed by atoms with van der Waals surface area (Å²) in [4.78, 5) is 1.43. The topological polar surface area (TPSA) is 42.7 Å². The molecule has 3 heterocycles. The van der Waals surface area contributed by atoms with Gasteiger partial charge in [0.1, 0.15) is 11.6 Å². The molecule has 1 aromatic heterocycles. The molecule has 2 aromatic rings. The molecular weight excluding hydrogens is 304 g/mol. The molecule has 0 saturated carbocycles. The molecule has 5 heteroatoms. The molecule has 0 amide bonds. The predicted octanol–water partition coefficient (Wildman–Crippen LogP) is 3.72. The molecule has 0 bridgehead atoms. The van der Waals surface area contributed by atoms with E-state index < -0.39 is 0 Å². The second-order valence-corrected chi connectivity index (χ2v) is 7.59. The number of aryl methyl sites for hydroxylation is 1. The van der Waals surface area contributed by atoms with Crippen molar-refractivity contribution in [1.82, 2.24) is 20.1 Å². The van der Waals surface area contributed by atoms with Crippen molar-refractivity contribution in [2.45, 2.75) is 62.6 Å². The van der Waals surface area contributed by atoms with Gasteiger partial charge in [0.2, 0.25) is 0 Å². The number of benzene rings is 1. The van der Waals surface area contributed by atoms with Gasteiger partial charge in [-0.1, -0.05) is 24.6 Å². The fourth-order valence-electron chi connectivity index (χ4n) is 3.63. The van der Waals surface area contributed by atoms with E-state index in [1.165, 1.54) is 54.1 Å². The van der Waals surface area contributed by atoms with Gasteiger partial charge in [-0.05, 0) is 43.1 Å². The molecule has 122 valence electrons. The molecule has 1 aromatic carbocycles. The second kappa shape index (κ2) is 7.05. The number of thioether (sulfide) groups is 1. The van der Waals surface area contributed by atoms with Crippen LogP contribution in [-0.2, 0) is 19.5 Å². The number of nitrogens with one attached hydrogen (secondary N) is 1. The maximum absolute atomic E-state index is 4.45. The normalized spacial score (nSPS) is 21.1. The zero-order valence-corrected chi connectivity index (χ0v) is 14.3. The SMILES string of the molecule is c1ccc2c(c1)SCCCC2NCc1nnc2n1CCCCC2. The van der Waals surface area contributed by atoms with Crippen molar-refractivity contribution < 1.29 is 0 Å². The molecule has 4 nitrogen and oxygen atoms in total. The van der Waals surface area contributed by atoms with Crippen LogP contribution in [0.1, 0.15) is 55.4 Å². The van der Waals surface area contributed by atoms with E-state index in [4.69, 9.17) is 0 Å². The molecule has 0 saturated heterocycles. The van der Waals surface area contributed by atoms with Crippen molar-refractivity contribution >= 4 is 11.8 Å². The average Bonchev–Trinajstić information content (AvgIpc) is 2.77. The highest BCUT2D eigenvalue weighted by atomic mass is 32.2. The summed E-state index contributed by atoms with van der Waals surface area (Å²) in [5.74, 6) is 3.50. The van der Waals surface area contributed by atoms with Crippen LogP contribution in [0.4, 0.5) is 0 Å². The fourth-order valence-corrected chi connectivity index (χ4v) is 4.71. The molecule has 1 unspecified atom stereocenters. The van der Waals surface area contributed by atoms with Crippen LogP contribution in [0.3, 0.4) is 0 Å². The first-order valence-electron chi connectivity index (χ1n) is 8.78. The van der Waals surface area contributed by atoms with Gasteiger partial charge in [-0.25, -0.2) is 0 Å². The molecular formula is C18H24N4S. The summed E-state index contributed by atoms with van der Waals surface area (Å²) < 4.78 is 2.34. The van der Waals surface area contributed by atoms with E-state index >= 15 is 0 Å². The Bertz CT molecular complexity index is 667. The maximum Gasteiger partial charge on any atom is 0.147 e. The maximum atomic E-state index is 4.45. The van der Waals surface area contributed by atoms with Gasteiger partial charge in [-0.3, -0.25) is 0 Å². The summed E-state index contributed by atoms with van der Waals surface area (Å²) in [6.45, 7) is 1.90. The average molecular weight is 328 g/mol. The van der Waals surface area contributed by atoms with Gasteiger partial charge >= 0.3 is 0 Å². The van der Waals surface area contributed by atoms with E-state index in [2.05, 4.69) is 44.3 Å². The number of hydrogen-bond donors (Lipinski definition) is 1. The van der Waals surface area contributed by atoms with Gasteiger partial charge < -0.3 is 9.88 Å². The zero-order valence-electron chi connectivity index (χ0n) is 13.5.